The second kappa shape index (κ2) is 7.07. The molecule has 1 aliphatic heterocycles. The van der Waals surface area contributed by atoms with Gasteiger partial charge in [-0.3, -0.25) is 8.97 Å². The molecule has 6 aromatic rings. The molecule has 0 radical (unpaired) electrons. The minimum Gasteiger partial charge on any atom is -0.299 e. The van der Waals surface area contributed by atoms with Crippen LogP contribution in [0.2, 0.25) is 0 Å². The van der Waals surface area contributed by atoms with Crippen molar-refractivity contribution < 1.29 is 4.57 Å². The number of aromatic nitrogens is 4. The largest absolute Gasteiger partial charge is 0.299 e. The molecule has 0 saturated carbocycles. The number of hydrogen-bond acceptors (Lipinski definition) is 1. The predicted molar refractivity (Wildman–Crippen MR) is 147 cm³/mol. The molecule has 1 aliphatic rings. The number of para-hydroxylation sites is 2. The van der Waals surface area contributed by atoms with E-state index < -0.39 is 0 Å². The van der Waals surface area contributed by atoms with Crippen LogP contribution in [0.15, 0.2) is 72.9 Å². The molecule has 0 spiro atoms. The predicted octanol–water partition coefficient (Wildman–Crippen LogP) is 7.13. The molecule has 4 heterocycles. The zero-order chi connectivity index (χ0) is 24.9. The van der Waals surface area contributed by atoms with Crippen molar-refractivity contribution >= 4 is 27.8 Å². The molecular formula is C32H31N4+. The molecule has 3 aromatic heterocycles. The van der Waals surface area contributed by atoms with Crippen molar-refractivity contribution in [3.8, 4) is 22.4 Å². The van der Waals surface area contributed by atoms with E-state index in [-0.39, 0.29) is 5.54 Å². The molecule has 4 heteroatoms. The summed E-state index contributed by atoms with van der Waals surface area (Å²) in [5.74, 6) is 1.40. The van der Waals surface area contributed by atoms with Crippen molar-refractivity contribution in [3.05, 3.63) is 89.6 Å². The van der Waals surface area contributed by atoms with E-state index in [4.69, 9.17) is 4.98 Å². The van der Waals surface area contributed by atoms with Gasteiger partial charge in [0.1, 0.15) is 7.05 Å². The van der Waals surface area contributed by atoms with Crippen LogP contribution in [0.25, 0.3) is 50.2 Å². The summed E-state index contributed by atoms with van der Waals surface area (Å²) < 4.78 is 7.23. The Morgan fingerprint density at radius 1 is 0.861 bits per heavy atom. The maximum atomic E-state index is 5.20. The number of aryl methyl sites for hydroxylation is 2. The Labute approximate surface area is 211 Å². The summed E-state index contributed by atoms with van der Waals surface area (Å²) in [6.45, 7) is 11.6. The number of benzene rings is 3. The van der Waals surface area contributed by atoms with E-state index in [9.17, 15) is 0 Å². The molecule has 178 valence electrons. The summed E-state index contributed by atoms with van der Waals surface area (Å²) in [4.78, 5) is 5.20. The first-order valence-corrected chi connectivity index (χ1v) is 12.8. The fourth-order valence-electron chi connectivity index (χ4n) is 6.56. The van der Waals surface area contributed by atoms with Gasteiger partial charge in [-0.25, -0.2) is 9.55 Å². The highest BCUT2D eigenvalue weighted by Crippen LogP contribution is 2.51. The molecule has 7 rings (SSSR count). The van der Waals surface area contributed by atoms with Gasteiger partial charge in [0.05, 0.1) is 38.7 Å². The molecule has 0 unspecified atom stereocenters. The average Bonchev–Trinajstić information content (AvgIpc) is 3.38. The van der Waals surface area contributed by atoms with E-state index in [0.717, 1.165) is 16.8 Å². The molecular weight excluding hydrogens is 440 g/mol. The van der Waals surface area contributed by atoms with Gasteiger partial charge in [0, 0.05) is 11.1 Å². The van der Waals surface area contributed by atoms with Gasteiger partial charge in [0.15, 0.2) is 6.20 Å². The van der Waals surface area contributed by atoms with Crippen LogP contribution in [0.3, 0.4) is 0 Å². The first-order chi connectivity index (χ1) is 17.3. The lowest BCUT2D eigenvalue weighted by Gasteiger charge is -2.36. The van der Waals surface area contributed by atoms with Gasteiger partial charge in [-0.2, -0.15) is 0 Å². The third-order valence-electron chi connectivity index (χ3n) is 8.13. The number of fused-ring (bicyclic) bond motifs is 7. The van der Waals surface area contributed by atoms with E-state index in [0.29, 0.717) is 5.92 Å². The van der Waals surface area contributed by atoms with E-state index in [1.165, 1.54) is 50.1 Å². The Morgan fingerprint density at radius 3 is 2.33 bits per heavy atom. The lowest BCUT2D eigenvalue weighted by Crippen LogP contribution is -2.42. The van der Waals surface area contributed by atoms with Crippen molar-refractivity contribution in [1.29, 1.82) is 0 Å². The molecule has 3 aromatic carbocycles. The Hall–Kier alpha value is -3.92. The highest BCUT2D eigenvalue weighted by Gasteiger charge is 2.44. The first kappa shape index (κ1) is 21.4. The summed E-state index contributed by atoms with van der Waals surface area (Å²) in [7, 11) is 2.22. The zero-order valence-electron chi connectivity index (χ0n) is 21.8. The summed E-state index contributed by atoms with van der Waals surface area (Å²) in [5.41, 5.74) is 13.6. The van der Waals surface area contributed by atoms with E-state index >= 15 is 0 Å². The quantitative estimate of drug-likeness (QED) is 0.247. The average molecular weight is 472 g/mol. The maximum absolute atomic E-state index is 5.20. The second-order valence-electron chi connectivity index (χ2n) is 11.1. The molecule has 0 saturated heterocycles. The summed E-state index contributed by atoms with van der Waals surface area (Å²) in [6.07, 6.45) is 2.36. The van der Waals surface area contributed by atoms with Gasteiger partial charge >= 0.3 is 0 Å². The number of imidazole rings is 2. The van der Waals surface area contributed by atoms with Crippen LogP contribution in [0, 0.1) is 6.92 Å². The molecule has 4 nitrogen and oxygen atoms in total. The van der Waals surface area contributed by atoms with Crippen molar-refractivity contribution in [3.63, 3.8) is 0 Å². The van der Waals surface area contributed by atoms with Crippen molar-refractivity contribution in [2.75, 3.05) is 0 Å². The van der Waals surface area contributed by atoms with Gasteiger partial charge in [-0.15, -0.1) is 0 Å². The minimum atomic E-state index is -0.325. The normalized spacial score (nSPS) is 14.3. The molecule has 0 bridgehead atoms. The second-order valence-corrected chi connectivity index (χ2v) is 11.1. The van der Waals surface area contributed by atoms with Crippen LogP contribution in [-0.4, -0.2) is 14.0 Å². The smallest absolute Gasteiger partial charge is 0.220 e. The molecule has 0 amide bonds. The van der Waals surface area contributed by atoms with Crippen molar-refractivity contribution in [2.24, 2.45) is 7.05 Å². The molecule has 36 heavy (non-hydrogen) atoms. The van der Waals surface area contributed by atoms with Crippen LogP contribution >= 0.6 is 0 Å². The Kier molecular flexibility index (Phi) is 4.20. The van der Waals surface area contributed by atoms with Gasteiger partial charge in [-0.05, 0) is 56.0 Å². The Balaban J connectivity index is 1.75. The monoisotopic (exact) mass is 471 g/mol. The van der Waals surface area contributed by atoms with Crippen molar-refractivity contribution in [1.82, 2.24) is 14.0 Å². The lowest BCUT2D eigenvalue weighted by molar-refractivity contribution is -0.661. The van der Waals surface area contributed by atoms with Gasteiger partial charge in [-0.1, -0.05) is 62.4 Å². The molecule has 0 atom stereocenters. The van der Waals surface area contributed by atoms with E-state index in [1.54, 1.807) is 0 Å². The zero-order valence-corrected chi connectivity index (χ0v) is 21.8. The van der Waals surface area contributed by atoms with Crippen LogP contribution < -0.4 is 4.57 Å². The molecule has 0 aliphatic carbocycles. The van der Waals surface area contributed by atoms with E-state index in [1.807, 2.05) is 0 Å². The third-order valence-corrected chi connectivity index (χ3v) is 8.13. The Bertz CT molecular complexity index is 1850. The molecule has 0 fully saturated rings. The topological polar surface area (TPSA) is 26.1 Å². The minimum absolute atomic E-state index is 0.325. The number of rotatable bonds is 2. The summed E-state index contributed by atoms with van der Waals surface area (Å²) >= 11 is 0. The maximum Gasteiger partial charge on any atom is 0.220 e. The van der Waals surface area contributed by atoms with E-state index in [2.05, 4.69) is 128 Å². The van der Waals surface area contributed by atoms with Crippen LogP contribution in [0.1, 0.15) is 50.3 Å². The number of pyridine rings is 1. The summed E-state index contributed by atoms with van der Waals surface area (Å²) in [6, 6.07) is 24.0. The Morgan fingerprint density at radius 2 is 1.58 bits per heavy atom. The molecule has 0 N–H and O–H groups in total. The van der Waals surface area contributed by atoms with Crippen LogP contribution in [-0.2, 0) is 12.6 Å². The highest BCUT2D eigenvalue weighted by molar-refractivity contribution is 6.02. The third kappa shape index (κ3) is 2.54. The SMILES string of the molecule is Cc1ccc2c3c1-c1c(c(-c4ccccc4)c(C(C)C)c[n+]1C)C(C)(C)n3c1nc3ccccc3n21. The van der Waals surface area contributed by atoms with Crippen LogP contribution in [0.4, 0.5) is 0 Å². The van der Waals surface area contributed by atoms with Crippen LogP contribution in [0.5, 0.6) is 0 Å². The highest BCUT2D eigenvalue weighted by atomic mass is 15.2. The first-order valence-electron chi connectivity index (χ1n) is 12.8. The van der Waals surface area contributed by atoms with Gasteiger partial charge in [0.25, 0.3) is 0 Å². The standard InChI is InChI=1S/C32H31N4/c1-19(2)22-18-34(6)30-26-20(3)16-17-25-29(26)36(31-33-23-14-10-11-15-24(23)35(25)31)32(4,5)28(30)27(22)21-12-8-7-9-13-21/h7-19H,1-6H3/q+1. The van der Waals surface area contributed by atoms with Gasteiger partial charge in [0.2, 0.25) is 11.5 Å². The number of nitrogens with zero attached hydrogens (tertiary/aromatic N) is 4. The fraction of sp³-hybridized carbons (Fsp3) is 0.250. The lowest BCUT2D eigenvalue weighted by atomic mass is 9.77. The van der Waals surface area contributed by atoms with Gasteiger partial charge < -0.3 is 0 Å². The fourth-order valence-corrected chi connectivity index (χ4v) is 6.56. The summed E-state index contributed by atoms with van der Waals surface area (Å²) in [5, 5.41) is 0. The number of hydrogen-bond donors (Lipinski definition) is 0. The van der Waals surface area contributed by atoms with Crippen molar-refractivity contribution in [2.45, 2.75) is 46.1 Å².